The van der Waals surface area contributed by atoms with Gasteiger partial charge in [-0.3, -0.25) is 9.59 Å². The van der Waals surface area contributed by atoms with Crippen molar-refractivity contribution in [2.75, 3.05) is 25.5 Å². The maximum Gasteiger partial charge on any atom is 0.323 e. The molecule has 0 unspecified atom stereocenters. The Bertz CT molecular complexity index is 1270. The second-order valence-electron chi connectivity index (χ2n) is 7.69. The molecule has 4 rings (SSSR count). The third-order valence-corrected chi connectivity index (χ3v) is 6.16. The molecule has 0 aliphatic carbocycles. The van der Waals surface area contributed by atoms with Crippen LogP contribution in [0.3, 0.4) is 0 Å². The number of amides is 1. The molecule has 1 amide bonds. The molecule has 0 aliphatic rings. The normalized spacial score (nSPS) is 10.8. The Balaban J connectivity index is 1.44. The first-order valence-electron chi connectivity index (χ1n) is 10.1. The molecule has 0 bridgehead atoms. The van der Waals surface area contributed by atoms with Gasteiger partial charge in [-0.2, -0.15) is 0 Å². The van der Waals surface area contributed by atoms with Crippen LogP contribution in [0.25, 0.3) is 22.0 Å². The SMILES string of the molecule is CN(CC(=O)O)C(=O)c1ccc(CN(C)c2nc(-c3ccc4ccccc4c3)cs2)cc1. The first-order chi connectivity index (χ1) is 15.4. The van der Waals surface area contributed by atoms with E-state index in [0.717, 1.165) is 22.0 Å². The van der Waals surface area contributed by atoms with Crippen LogP contribution in [0.15, 0.2) is 72.1 Å². The Morgan fingerprint density at radius 3 is 2.41 bits per heavy atom. The Morgan fingerprint density at radius 1 is 0.969 bits per heavy atom. The predicted octanol–water partition coefficient (Wildman–Crippen LogP) is 4.76. The standard InChI is InChI=1S/C25H23N3O3S/c1-27(15-23(29)30)24(31)19-9-7-17(8-10-19)14-28(2)25-26-22(16-32-25)21-12-11-18-5-3-4-6-20(18)13-21/h3-13,16H,14-15H2,1-2H3,(H,29,30). The van der Waals surface area contributed by atoms with Crippen LogP contribution in [0.5, 0.6) is 0 Å². The van der Waals surface area contributed by atoms with Crippen LogP contribution in [0.4, 0.5) is 5.13 Å². The number of thiazole rings is 1. The fraction of sp³-hybridized carbons (Fsp3) is 0.160. The second-order valence-corrected chi connectivity index (χ2v) is 8.52. The van der Waals surface area contributed by atoms with Gasteiger partial charge in [0.15, 0.2) is 5.13 Å². The van der Waals surface area contributed by atoms with Gasteiger partial charge in [-0.25, -0.2) is 4.98 Å². The van der Waals surface area contributed by atoms with Gasteiger partial charge in [0.05, 0.1) is 5.69 Å². The van der Waals surface area contributed by atoms with Crippen LogP contribution in [-0.4, -0.2) is 47.5 Å². The summed E-state index contributed by atoms with van der Waals surface area (Å²) < 4.78 is 0. The molecule has 0 spiro atoms. The van der Waals surface area contributed by atoms with Crippen molar-refractivity contribution >= 4 is 39.1 Å². The van der Waals surface area contributed by atoms with Crippen molar-refractivity contribution in [3.8, 4) is 11.3 Å². The van der Waals surface area contributed by atoms with Crippen LogP contribution in [0, 0.1) is 0 Å². The van der Waals surface area contributed by atoms with Gasteiger partial charge in [0, 0.05) is 37.1 Å². The maximum absolute atomic E-state index is 12.3. The molecule has 0 saturated carbocycles. The van der Waals surface area contributed by atoms with Crippen LogP contribution in [0.1, 0.15) is 15.9 Å². The highest BCUT2D eigenvalue weighted by Gasteiger charge is 2.15. The maximum atomic E-state index is 12.3. The molecule has 1 aromatic heterocycles. The molecule has 0 fully saturated rings. The first-order valence-corrected chi connectivity index (χ1v) is 11.0. The molecule has 0 atom stereocenters. The summed E-state index contributed by atoms with van der Waals surface area (Å²) in [6.07, 6.45) is 0. The zero-order valence-electron chi connectivity index (χ0n) is 17.9. The average molecular weight is 446 g/mol. The number of benzene rings is 3. The number of likely N-dealkylation sites (N-methyl/N-ethyl adjacent to an activating group) is 1. The van der Waals surface area contributed by atoms with Gasteiger partial charge < -0.3 is 14.9 Å². The second kappa shape index (κ2) is 9.20. The summed E-state index contributed by atoms with van der Waals surface area (Å²) >= 11 is 1.59. The smallest absolute Gasteiger partial charge is 0.323 e. The van der Waals surface area contributed by atoms with E-state index in [9.17, 15) is 9.59 Å². The van der Waals surface area contributed by atoms with Crippen molar-refractivity contribution < 1.29 is 14.7 Å². The monoisotopic (exact) mass is 445 g/mol. The number of fused-ring (bicyclic) bond motifs is 1. The molecule has 7 heteroatoms. The predicted molar refractivity (Wildman–Crippen MR) is 128 cm³/mol. The van der Waals surface area contributed by atoms with Gasteiger partial charge in [-0.15, -0.1) is 11.3 Å². The minimum atomic E-state index is -1.04. The lowest BCUT2D eigenvalue weighted by Gasteiger charge is -2.17. The third kappa shape index (κ3) is 4.78. The molecule has 0 saturated heterocycles. The zero-order chi connectivity index (χ0) is 22.7. The van der Waals surface area contributed by atoms with Crippen molar-refractivity contribution in [3.63, 3.8) is 0 Å². The van der Waals surface area contributed by atoms with E-state index in [1.54, 1.807) is 23.5 Å². The number of carboxylic acids is 1. The molecule has 3 aromatic carbocycles. The van der Waals surface area contributed by atoms with Gasteiger partial charge in [-0.05, 0) is 34.5 Å². The lowest BCUT2D eigenvalue weighted by atomic mass is 10.1. The van der Waals surface area contributed by atoms with E-state index in [-0.39, 0.29) is 12.5 Å². The van der Waals surface area contributed by atoms with Gasteiger partial charge in [-0.1, -0.05) is 48.5 Å². The first kappa shape index (κ1) is 21.5. The molecule has 1 heterocycles. The Hall–Kier alpha value is -3.71. The highest BCUT2D eigenvalue weighted by atomic mass is 32.1. The highest BCUT2D eigenvalue weighted by Crippen LogP contribution is 2.29. The molecule has 6 nitrogen and oxygen atoms in total. The van der Waals surface area contributed by atoms with Crippen LogP contribution >= 0.6 is 11.3 Å². The molecule has 0 radical (unpaired) electrons. The van der Waals surface area contributed by atoms with E-state index in [2.05, 4.69) is 40.6 Å². The molecule has 1 N–H and O–H groups in total. The minimum absolute atomic E-state index is 0.313. The average Bonchev–Trinajstić information content (AvgIpc) is 3.29. The number of hydrogen-bond acceptors (Lipinski definition) is 5. The summed E-state index contributed by atoms with van der Waals surface area (Å²) in [4.78, 5) is 31.2. The summed E-state index contributed by atoms with van der Waals surface area (Å²) in [5, 5.41) is 14.2. The van der Waals surface area contributed by atoms with Gasteiger partial charge >= 0.3 is 5.97 Å². The van der Waals surface area contributed by atoms with Crippen molar-refractivity contribution in [1.82, 2.24) is 9.88 Å². The van der Waals surface area contributed by atoms with E-state index < -0.39 is 5.97 Å². The Labute approximate surface area is 190 Å². The van der Waals surface area contributed by atoms with Crippen LogP contribution in [0.2, 0.25) is 0 Å². The number of aromatic nitrogens is 1. The molecular weight excluding hydrogens is 422 g/mol. The van der Waals surface area contributed by atoms with Crippen molar-refractivity contribution in [2.24, 2.45) is 0 Å². The number of aliphatic carboxylic acids is 1. The third-order valence-electron chi connectivity index (χ3n) is 5.20. The van der Waals surface area contributed by atoms with Crippen LogP contribution in [-0.2, 0) is 11.3 Å². The summed E-state index contributed by atoms with van der Waals surface area (Å²) in [7, 11) is 3.47. The van der Waals surface area contributed by atoms with E-state index >= 15 is 0 Å². The van der Waals surface area contributed by atoms with Crippen molar-refractivity contribution in [1.29, 1.82) is 0 Å². The van der Waals surface area contributed by atoms with Crippen molar-refractivity contribution in [3.05, 3.63) is 83.2 Å². The zero-order valence-corrected chi connectivity index (χ0v) is 18.7. The largest absolute Gasteiger partial charge is 0.480 e. The molecule has 162 valence electrons. The van der Waals surface area contributed by atoms with Crippen LogP contribution < -0.4 is 4.90 Å². The molecular formula is C25H23N3O3S. The lowest BCUT2D eigenvalue weighted by Crippen LogP contribution is -2.31. The van der Waals surface area contributed by atoms with E-state index in [1.165, 1.54) is 22.7 Å². The van der Waals surface area contributed by atoms with Gasteiger partial charge in [0.2, 0.25) is 0 Å². The fourth-order valence-electron chi connectivity index (χ4n) is 3.51. The number of carbonyl (C=O) groups excluding carboxylic acids is 1. The molecule has 32 heavy (non-hydrogen) atoms. The number of rotatable bonds is 7. The quantitative estimate of drug-likeness (QED) is 0.444. The highest BCUT2D eigenvalue weighted by molar-refractivity contribution is 7.14. The lowest BCUT2D eigenvalue weighted by molar-refractivity contribution is -0.137. The number of carboxylic acid groups (broad SMARTS) is 1. The van der Waals surface area contributed by atoms with E-state index in [1.807, 2.05) is 31.3 Å². The number of anilines is 1. The fourth-order valence-corrected chi connectivity index (χ4v) is 4.31. The van der Waals surface area contributed by atoms with Gasteiger partial charge in [0.25, 0.3) is 5.91 Å². The number of nitrogens with zero attached hydrogens (tertiary/aromatic N) is 3. The topological polar surface area (TPSA) is 73.7 Å². The Morgan fingerprint density at radius 2 is 1.69 bits per heavy atom. The summed E-state index contributed by atoms with van der Waals surface area (Å²) in [6, 6.07) is 21.9. The summed E-state index contributed by atoms with van der Waals surface area (Å²) in [6.45, 7) is 0.316. The van der Waals surface area contributed by atoms with Crippen molar-refractivity contribution in [2.45, 2.75) is 6.54 Å². The number of hydrogen-bond donors (Lipinski definition) is 1. The summed E-state index contributed by atoms with van der Waals surface area (Å²) in [5.74, 6) is -1.35. The summed E-state index contributed by atoms with van der Waals surface area (Å²) in [5.41, 5.74) is 3.54. The van der Waals surface area contributed by atoms with Gasteiger partial charge in [0.1, 0.15) is 6.54 Å². The molecule has 4 aromatic rings. The molecule has 0 aliphatic heterocycles. The minimum Gasteiger partial charge on any atom is -0.480 e. The van der Waals surface area contributed by atoms with E-state index in [0.29, 0.717) is 12.1 Å². The Kier molecular flexibility index (Phi) is 6.18. The van der Waals surface area contributed by atoms with E-state index in [4.69, 9.17) is 10.1 Å². The number of carbonyl (C=O) groups is 2.